The summed E-state index contributed by atoms with van der Waals surface area (Å²) in [4.78, 5) is 22.3. The zero-order valence-corrected chi connectivity index (χ0v) is 11.4. The standard InChI is InChI=1S/C15H18N2O3/c1-2-7-14(18)17-10-5-6-11-20-13-9-4-3-8-12(13)15(16)19/h3-4,8-9H,2,7,10-11H2,1H3,(H2,16,19)(H,17,18). The van der Waals surface area contributed by atoms with Crippen molar-refractivity contribution in [2.24, 2.45) is 5.73 Å². The second-order valence-electron chi connectivity index (χ2n) is 4.03. The highest BCUT2D eigenvalue weighted by Gasteiger charge is 2.06. The van der Waals surface area contributed by atoms with Gasteiger partial charge in [0.25, 0.3) is 5.91 Å². The minimum absolute atomic E-state index is 0.0122. The third-order valence-electron chi connectivity index (χ3n) is 2.43. The van der Waals surface area contributed by atoms with Gasteiger partial charge in [-0.2, -0.15) is 0 Å². The van der Waals surface area contributed by atoms with E-state index >= 15 is 0 Å². The molecule has 1 aromatic rings. The first-order chi connectivity index (χ1) is 9.65. The van der Waals surface area contributed by atoms with E-state index in [2.05, 4.69) is 17.2 Å². The Hall–Kier alpha value is -2.48. The van der Waals surface area contributed by atoms with Crippen molar-refractivity contribution in [3.8, 4) is 17.6 Å². The fourth-order valence-electron chi connectivity index (χ4n) is 1.48. The highest BCUT2D eigenvalue weighted by molar-refractivity contribution is 5.95. The summed E-state index contributed by atoms with van der Waals surface area (Å²) in [6.45, 7) is 2.36. The first-order valence-corrected chi connectivity index (χ1v) is 6.39. The van der Waals surface area contributed by atoms with Gasteiger partial charge in [0.05, 0.1) is 12.1 Å². The molecule has 0 aliphatic heterocycles. The van der Waals surface area contributed by atoms with E-state index in [1.54, 1.807) is 24.3 Å². The lowest BCUT2D eigenvalue weighted by atomic mass is 10.2. The Morgan fingerprint density at radius 3 is 2.75 bits per heavy atom. The Kier molecular flexibility index (Phi) is 6.69. The van der Waals surface area contributed by atoms with Crippen LogP contribution in [0.15, 0.2) is 24.3 Å². The summed E-state index contributed by atoms with van der Waals surface area (Å²) < 4.78 is 5.37. The number of primary amides is 1. The van der Waals surface area contributed by atoms with Crippen LogP contribution in [0.2, 0.25) is 0 Å². The van der Waals surface area contributed by atoms with Crippen molar-refractivity contribution in [2.45, 2.75) is 19.8 Å². The summed E-state index contributed by atoms with van der Waals surface area (Å²) in [6.07, 6.45) is 1.32. The molecule has 0 aliphatic carbocycles. The molecule has 5 heteroatoms. The fraction of sp³-hybridized carbons (Fsp3) is 0.333. The summed E-state index contributed by atoms with van der Waals surface area (Å²) >= 11 is 0. The van der Waals surface area contributed by atoms with Crippen LogP contribution in [0.5, 0.6) is 5.75 Å². The lowest BCUT2D eigenvalue weighted by Crippen LogP contribution is -2.22. The van der Waals surface area contributed by atoms with Crippen molar-refractivity contribution in [1.29, 1.82) is 0 Å². The van der Waals surface area contributed by atoms with Crippen molar-refractivity contribution >= 4 is 11.8 Å². The largest absolute Gasteiger partial charge is 0.480 e. The summed E-state index contributed by atoms with van der Waals surface area (Å²) in [5.41, 5.74) is 5.55. The first-order valence-electron chi connectivity index (χ1n) is 6.39. The molecule has 3 N–H and O–H groups in total. The number of nitrogens with two attached hydrogens (primary N) is 1. The Morgan fingerprint density at radius 2 is 2.05 bits per heavy atom. The number of para-hydroxylation sites is 1. The van der Waals surface area contributed by atoms with Crippen LogP contribution in [0.25, 0.3) is 0 Å². The second kappa shape index (κ2) is 8.59. The molecule has 1 aromatic carbocycles. The zero-order valence-electron chi connectivity index (χ0n) is 11.4. The minimum atomic E-state index is -0.541. The molecule has 0 heterocycles. The number of rotatable bonds is 6. The minimum Gasteiger partial charge on any atom is -0.480 e. The van der Waals surface area contributed by atoms with Crippen LogP contribution in [0.3, 0.4) is 0 Å². The third-order valence-corrected chi connectivity index (χ3v) is 2.43. The number of nitrogens with one attached hydrogen (secondary N) is 1. The van der Waals surface area contributed by atoms with Gasteiger partial charge in [-0.05, 0) is 18.6 Å². The number of carbonyl (C=O) groups excluding carboxylic acids is 2. The molecule has 0 aliphatic rings. The highest BCUT2D eigenvalue weighted by atomic mass is 16.5. The van der Waals surface area contributed by atoms with E-state index in [9.17, 15) is 9.59 Å². The summed E-state index contributed by atoms with van der Waals surface area (Å²) in [5.74, 6) is 5.38. The first kappa shape index (κ1) is 15.6. The molecule has 0 bridgehead atoms. The molecule has 20 heavy (non-hydrogen) atoms. The maximum Gasteiger partial charge on any atom is 0.252 e. The Bertz CT molecular complexity index is 529. The third kappa shape index (κ3) is 5.44. The highest BCUT2D eigenvalue weighted by Crippen LogP contribution is 2.16. The zero-order chi connectivity index (χ0) is 14.8. The molecule has 1 rings (SSSR count). The van der Waals surface area contributed by atoms with E-state index in [4.69, 9.17) is 10.5 Å². The van der Waals surface area contributed by atoms with E-state index in [1.165, 1.54) is 0 Å². The quantitative estimate of drug-likeness (QED) is 0.762. The van der Waals surface area contributed by atoms with Crippen LogP contribution in [-0.4, -0.2) is 25.0 Å². The molecular formula is C15H18N2O3. The van der Waals surface area contributed by atoms with Crippen molar-refractivity contribution in [3.05, 3.63) is 29.8 Å². The predicted molar refractivity (Wildman–Crippen MR) is 76.1 cm³/mol. The summed E-state index contributed by atoms with van der Waals surface area (Å²) in [5, 5.41) is 2.67. The number of hydrogen-bond acceptors (Lipinski definition) is 3. The molecule has 0 unspecified atom stereocenters. The average molecular weight is 274 g/mol. The van der Waals surface area contributed by atoms with Gasteiger partial charge in [0.2, 0.25) is 5.91 Å². The molecule has 0 saturated carbocycles. The smallest absolute Gasteiger partial charge is 0.252 e. The van der Waals surface area contributed by atoms with E-state index in [1.807, 2.05) is 6.92 Å². The molecule has 106 valence electrons. The lowest BCUT2D eigenvalue weighted by molar-refractivity contribution is -0.120. The second-order valence-corrected chi connectivity index (χ2v) is 4.03. The van der Waals surface area contributed by atoms with Gasteiger partial charge in [-0.1, -0.05) is 30.9 Å². The van der Waals surface area contributed by atoms with Crippen LogP contribution in [0.4, 0.5) is 0 Å². The predicted octanol–water partition coefficient (Wildman–Crippen LogP) is 1.08. The Balaban J connectivity index is 2.38. The molecule has 0 aromatic heterocycles. The van der Waals surface area contributed by atoms with Crippen LogP contribution in [-0.2, 0) is 4.79 Å². The molecule has 0 atom stereocenters. The van der Waals surface area contributed by atoms with E-state index in [0.717, 1.165) is 6.42 Å². The van der Waals surface area contributed by atoms with Crippen LogP contribution in [0, 0.1) is 11.8 Å². The molecular weight excluding hydrogens is 256 g/mol. The van der Waals surface area contributed by atoms with Gasteiger partial charge in [-0.15, -0.1) is 0 Å². The summed E-state index contributed by atoms with van der Waals surface area (Å²) in [6, 6.07) is 6.71. The maximum absolute atomic E-state index is 11.2. The monoisotopic (exact) mass is 274 g/mol. The molecule has 2 amide bonds. The van der Waals surface area contributed by atoms with Crippen molar-refractivity contribution in [2.75, 3.05) is 13.2 Å². The van der Waals surface area contributed by atoms with E-state index < -0.39 is 5.91 Å². The SMILES string of the molecule is CCCC(=O)NCC#CCOc1ccccc1C(N)=O. The number of benzene rings is 1. The number of carbonyl (C=O) groups is 2. The van der Waals surface area contributed by atoms with Gasteiger partial charge in [-0.3, -0.25) is 9.59 Å². The van der Waals surface area contributed by atoms with Crippen molar-refractivity contribution < 1.29 is 14.3 Å². The van der Waals surface area contributed by atoms with Crippen molar-refractivity contribution in [3.63, 3.8) is 0 Å². The molecule has 0 fully saturated rings. The number of ether oxygens (including phenoxy) is 1. The van der Waals surface area contributed by atoms with Gasteiger partial charge in [0.1, 0.15) is 12.4 Å². The fourth-order valence-corrected chi connectivity index (χ4v) is 1.48. The molecule has 0 saturated heterocycles. The van der Waals surface area contributed by atoms with Gasteiger partial charge in [-0.25, -0.2) is 0 Å². The van der Waals surface area contributed by atoms with E-state index in [0.29, 0.717) is 24.3 Å². The van der Waals surface area contributed by atoms with Crippen LogP contribution < -0.4 is 15.8 Å². The normalized spacial score (nSPS) is 9.25. The van der Waals surface area contributed by atoms with Gasteiger partial charge < -0.3 is 15.8 Å². The van der Waals surface area contributed by atoms with Gasteiger partial charge in [0, 0.05) is 6.42 Å². The molecule has 0 spiro atoms. The number of amides is 2. The molecule has 5 nitrogen and oxygen atoms in total. The van der Waals surface area contributed by atoms with Gasteiger partial charge >= 0.3 is 0 Å². The van der Waals surface area contributed by atoms with Crippen LogP contribution >= 0.6 is 0 Å². The maximum atomic E-state index is 11.2. The Labute approximate surface area is 118 Å². The van der Waals surface area contributed by atoms with Crippen molar-refractivity contribution in [1.82, 2.24) is 5.32 Å². The van der Waals surface area contributed by atoms with E-state index in [-0.39, 0.29) is 12.5 Å². The van der Waals surface area contributed by atoms with Gasteiger partial charge in [0.15, 0.2) is 0 Å². The molecule has 0 radical (unpaired) electrons. The lowest BCUT2D eigenvalue weighted by Gasteiger charge is -2.05. The van der Waals surface area contributed by atoms with Crippen LogP contribution in [0.1, 0.15) is 30.1 Å². The number of hydrogen-bond donors (Lipinski definition) is 2. The average Bonchev–Trinajstić information content (AvgIpc) is 2.43. The Morgan fingerprint density at radius 1 is 1.30 bits per heavy atom. The topological polar surface area (TPSA) is 81.4 Å². The summed E-state index contributed by atoms with van der Waals surface area (Å²) in [7, 11) is 0.